The molecule has 1 amide bonds. The lowest BCUT2D eigenvalue weighted by molar-refractivity contribution is -0.122. The van der Waals surface area contributed by atoms with Gasteiger partial charge in [-0.15, -0.1) is 0 Å². The molecule has 0 spiro atoms. The van der Waals surface area contributed by atoms with Crippen LogP contribution in [0, 0.1) is 0 Å². The molecule has 0 aromatic heterocycles. The highest BCUT2D eigenvalue weighted by atomic mass is 32.2. The van der Waals surface area contributed by atoms with Crippen LogP contribution in [0.5, 0.6) is 0 Å². The van der Waals surface area contributed by atoms with Gasteiger partial charge in [0, 0.05) is 12.6 Å². The summed E-state index contributed by atoms with van der Waals surface area (Å²) >= 11 is 0. The van der Waals surface area contributed by atoms with Crippen molar-refractivity contribution in [1.29, 1.82) is 0 Å². The quantitative estimate of drug-likeness (QED) is 0.675. The summed E-state index contributed by atoms with van der Waals surface area (Å²) in [6, 6.07) is 17.6. The Balaban J connectivity index is 1.38. The zero-order chi connectivity index (χ0) is 21.6. The molecule has 0 heterocycles. The smallest absolute Gasteiger partial charge is 0.238 e. The highest BCUT2D eigenvalue weighted by Gasteiger charge is 2.25. The lowest BCUT2D eigenvalue weighted by Crippen LogP contribution is -2.42. The summed E-state index contributed by atoms with van der Waals surface area (Å²) in [5, 5.41) is 8.06. The highest BCUT2D eigenvalue weighted by Crippen LogP contribution is 2.34. The summed E-state index contributed by atoms with van der Waals surface area (Å²) in [6.45, 7) is 0.910. The second-order valence-electron chi connectivity index (χ2n) is 8.12. The molecule has 3 N–H and O–H groups in total. The number of carbonyl (C=O) groups is 1. The van der Waals surface area contributed by atoms with Crippen molar-refractivity contribution in [2.45, 2.75) is 49.0 Å². The number of nitrogens with zero attached hydrogens (tertiary/aromatic N) is 1. The van der Waals surface area contributed by atoms with E-state index >= 15 is 0 Å². The van der Waals surface area contributed by atoms with Crippen LogP contribution >= 0.6 is 0 Å². The number of sulfonamides is 1. The lowest BCUT2D eigenvalue weighted by Gasteiger charge is -2.34. The van der Waals surface area contributed by atoms with Crippen LogP contribution in [-0.4, -0.2) is 45.4 Å². The number of primary sulfonamides is 1. The predicted molar refractivity (Wildman–Crippen MR) is 119 cm³/mol. The first-order chi connectivity index (χ1) is 14.3. The molecular formula is C23H31N3O3S. The van der Waals surface area contributed by atoms with Crippen molar-refractivity contribution in [1.82, 2.24) is 10.2 Å². The molecule has 0 bridgehead atoms. The van der Waals surface area contributed by atoms with Crippen molar-refractivity contribution in [2.75, 3.05) is 20.1 Å². The van der Waals surface area contributed by atoms with E-state index < -0.39 is 10.0 Å². The number of benzene rings is 2. The standard InChI is InChI=1S/C23H31N3O3S/c1-26(21-11-9-20(10-12-21)19-5-3-2-4-6-19)17-23(27)25-16-15-18-7-13-22(14-8-18)30(24,28)29/h2-8,13-14,20-21H,9-12,15-17H2,1H3,(H,25,27)(H2,24,28,29). The van der Waals surface area contributed by atoms with Gasteiger partial charge in [-0.2, -0.15) is 0 Å². The maximum atomic E-state index is 12.3. The van der Waals surface area contributed by atoms with Gasteiger partial charge in [0.2, 0.25) is 15.9 Å². The molecule has 0 atom stereocenters. The fourth-order valence-electron chi connectivity index (χ4n) is 4.18. The van der Waals surface area contributed by atoms with Gasteiger partial charge in [-0.3, -0.25) is 9.69 Å². The van der Waals surface area contributed by atoms with Crippen molar-refractivity contribution < 1.29 is 13.2 Å². The van der Waals surface area contributed by atoms with Gasteiger partial charge < -0.3 is 5.32 Å². The Hall–Kier alpha value is -2.22. The van der Waals surface area contributed by atoms with Gasteiger partial charge in [0.25, 0.3) is 0 Å². The van der Waals surface area contributed by atoms with Crippen LogP contribution < -0.4 is 10.5 Å². The van der Waals surface area contributed by atoms with Gasteiger partial charge in [0.05, 0.1) is 11.4 Å². The van der Waals surface area contributed by atoms with Crippen molar-refractivity contribution in [3.63, 3.8) is 0 Å². The van der Waals surface area contributed by atoms with Gasteiger partial charge in [0.1, 0.15) is 0 Å². The predicted octanol–water partition coefficient (Wildman–Crippen LogP) is 2.65. The van der Waals surface area contributed by atoms with Crippen molar-refractivity contribution >= 4 is 15.9 Å². The molecule has 162 valence electrons. The van der Waals surface area contributed by atoms with Crippen LogP contribution in [0.25, 0.3) is 0 Å². The molecular weight excluding hydrogens is 398 g/mol. The number of hydrogen-bond acceptors (Lipinski definition) is 4. The summed E-state index contributed by atoms with van der Waals surface area (Å²) in [5.41, 5.74) is 2.38. The Kier molecular flexibility index (Phi) is 7.64. The third-order valence-electron chi connectivity index (χ3n) is 5.97. The van der Waals surface area contributed by atoms with Gasteiger partial charge in [-0.25, -0.2) is 13.6 Å². The van der Waals surface area contributed by atoms with Crippen LogP contribution in [0.1, 0.15) is 42.7 Å². The first-order valence-corrected chi connectivity index (χ1v) is 12.0. The number of nitrogens with one attached hydrogen (secondary N) is 1. The Morgan fingerprint density at radius 2 is 1.67 bits per heavy atom. The van der Waals surface area contributed by atoms with E-state index in [1.807, 2.05) is 7.05 Å². The van der Waals surface area contributed by atoms with Crippen molar-refractivity contribution in [3.8, 4) is 0 Å². The van der Waals surface area contributed by atoms with Crippen LogP contribution in [-0.2, 0) is 21.2 Å². The Morgan fingerprint density at radius 3 is 2.27 bits per heavy atom. The first-order valence-electron chi connectivity index (χ1n) is 10.5. The molecule has 7 heteroatoms. The van der Waals surface area contributed by atoms with E-state index in [0.717, 1.165) is 31.2 Å². The van der Waals surface area contributed by atoms with Gasteiger partial charge >= 0.3 is 0 Å². The van der Waals surface area contributed by atoms with Gasteiger partial charge in [0.15, 0.2) is 0 Å². The third-order valence-corrected chi connectivity index (χ3v) is 6.90. The summed E-state index contributed by atoms with van der Waals surface area (Å²) in [4.78, 5) is 14.6. The minimum atomic E-state index is -3.67. The molecule has 0 aliphatic heterocycles. The zero-order valence-electron chi connectivity index (χ0n) is 17.5. The molecule has 0 unspecified atom stereocenters. The Labute approximate surface area is 179 Å². The van der Waals surface area contributed by atoms with Gasteiger partial charge in [-0.1, -0.05) is 42.5 Å². The molecule has 0 saturated heterocycles. The maximum absolute atomic E-state index is 12.3. The number of likely N-dealkylation sites (N-methyl/N-ethyl adjacent to an activating group) is 1. The zero-order valence-corrected chi connectivity index (χ0v) is 18.3. The minimum Gasteiger partial charge on any atom is -0.355 e. The van der Waals surface area contributed by atoms with Crippen LogP contribution in [0.3, 0.4) is 0 Å². The number of nitrogens with two attached hydrogens (primary N) is 1. The number of amides is 1. The van der Waals surface area contributed by atoms with E-state index in [1.54, 1.807) is 12.1 Å². The monoisotopic (exact) mass is 429 g/mol. The number of hydrogen-bond donors (Lipinski definition) is 2. The first kappa shape index (κ1) is 22.5. The second kappa shape index (κ2) is 10.2. The van der Waals surface area contributed by atoms with Crippen LogP contribution in [0.15, 0.2) is 59.5 Å². The summed E-state index contributed by atoms with van der Waals surface area (Å²) in [7, 11) is -1.65. The average molecular weight is 430 g/mol. The van der Waals surface area contributed by atoms with E-state index in [2.05, 4.69) is 40.5 Å². The van der Waals surface area contributed by atoms with Crippen LogP contribution in [0.4, 0.5) is 0 Å². The molecule has 30 heavy (non-hydrogen) atoms. The largest absolute Gasteiger partial charge is 0.355 e. The second-order valence-corrected chi connectivity index (χ2v) is 9.68. The number of carbonyl (C=O) groups excluding carboxylic acids is 1. The van der Waals surface area contributed by atoms with Crippen molar-refractivity contribution in [3.05, 3.63) is 65.7 Å². The van der Waals surface area contributed by atoms with E-state index in [0.29, 0.717) is 31.5 Å². The summed E-state index contributed by atoms with van der Waals surface area (Å²) < 4.78 is 22.6. The minimum absolute atomic E-state index is 0.0174. The average Bonchev–Trinajstić information content (AvgIpc) is 2.74. The molecule has 3 rings (SSSR count). The molecule has 0 radical (unpaired) electrons. The van der Waals surface area contributed by atoms with E-state index in [1.165, 1.54) is 17.7 Å². The van der Waals surface area contributed by atoms with Crippen LogP contribution in [0.2, 0.25) is 0 Å². The van der Waals surface area contributed by atoms with Crippen molar-refractivity contribution in [2.24, 2.45) is 5.14 Å². The normalized spacial score (nSPS) is 19.6. The fourth-order valence-corrected chi connectivity index (χ4v) is 4.69. The Bertz CT molecular complexity index is 922. The molecule has 1 aliphatic carbocycles. The topological polar surface area (TPSA) is 92.5 Å². The summed E-state index contributed by atoms with van der Waals surface area (Å²) in [5.74, 6) is 0.647. The molecule has 1 fully saturated rings. The summed E-state index contributed by atoms with van der Waals surface area (Å²) in [6.07, 6.45) is 5.19. The van der Waals surface area contributed by atoms with E-state index in [9.17, 15) is 13.2 Å². The molecule has 2 aromatic rings. The molecule has 1 aliphatic rings. The van der Waals surface area contributed by atoms with E-state index in [4.69, 9.17) is 5.14 Å². The third kappa shape index (κ3) is 6.39. The SMILES string of the molecule is CN(CC(=O)NCCc1ccc(S(N)(=O)=O)cc1)C1CCC(c2ccccc2)CC1. The van der Waals surface area contributed by atoms with E-state index in [-0.39, 0.29) is 10.8 Å². The fraction of sp³-hybridized carbons (Fsp3) is 0.435. The molecule has 6 nitrogen and oxygen atoms in total. The Morgan fingerprint density at radius 1 is 1.03 bits per heavy atom. The number of rotatable bonds is 8. The van der Waals surface area contributed by atoms with Gasteiger partial charge in [-0.05, 0) is 68.3 Å². The highest BCUT2D eigenvalue weighted by molar-refractivity contribution is 7.89. The molecule has 1 saturated carbocycles. The maximum Gasteiger partial charge on any atom is 0.238 e. The lowest BCUT2D eigenvalue weighted by atomic mass is 9.81. The molecule has 2 aromatic carbocycles.